The Kier molecular flexibility index (Phi) is 1.64. The minimum Gasteiger partial charge on any atom is -0.352 e. The number of β-lactam (4-membered cyclic amide) rings is 1. The maximum absolute atomic E-state index is 11.2. The smallest absolute Gasteiger partial charge is 0.225 e. The third-order valence-electron chi connectivity index (χ3n) is 4.33. The molecule has 3 rings (SSSR count). The molecule has 4 atom stereocenters. The zero-order valence-corrected chi connectivity index (χ0v) is 7.96. The van der Waals surface area contributed by atoms with Crippen molar-refractivity contribution in [3.05, 3.63) is 0 Å². The van der Waals surface area contributed by atoms with Gasteiger partial charge in [-0.1, -0.05) is 25.7 Å². The first-order valence-corrected chi connectivity index (χ1v) is 5.65. The van der Waals surface area contributed by atoms with Gasteiger partial charge in [0.15, 0.2) is 0 Å². The second-order valence-electron chi connectivity index (χ2n) is 5.00. The molecule has 0 bridgehead atoms. The molecule has 2 saturated carbocycles. The second kappa shape index (κ2) is 2.73. The van der Waals surface area contributed by atoms with Gasteiger partial charge in [-0.25, -0.2) is 0 Å². The van der Waals surface area contributed by atoms with Crippen LogP contribution in [0.2, 0.25) is 0 Å². The maximum atomic E-state index is 11.2. The van der Waals surface area contributed by atoms with Gasteiger partial charge >= 0.3 is 0 Å². The number of nitrogens with one attached hydrogen (secondary N) is 1. The Morgan fingerprint density at radius 1 is 1.08 bits per heavy atom. The fraction of sp³-hybridized carbons (Fsp3) is 0.909. The van der Waals surface area contributed by atoms with Crippen LogP contribution < -0.4 is 5.32 Å². The average Bonchev–Trinajstić information content (AvgIpc) is 2.16. The molecule has 3 aliphatic rings. The average molecular weight is 179 g/mol. The minimum atomic E-state index is 0.328. The highest BCUT2D eigenvalue weighted by Gasteiger charge is 2.47. The molecule has 3 fully saturated rings. The van der Waals surface area contributed by atoms with Gasteiger partial charge in [-0.2, -0.15) is 0 Å². The van der Waals surface area contributed by atoms with E-state index in [2.05, 4.69) is 5.32 Å². The summed E-state index contributed by atoms with van der Waals surface area (Å²) in [6, 6.07) is 0.562. The van der Waals surface area contributed by atoms with Crippen molar-refractivity contribution in [1.82, 2.24) is 5.32 Å². The van der Waals surface area contributed by atoms with E-state index >= 15 is 0 Å². The van der Waals surface area contributed by atoms with Gasteiger partial charge in [0.1, 0.15) is 0 Å². The molecule has 4 unspecified atom stereocenters. The Morgan fingerprint density at radius 2 is 1.77 bits per heavy atom. The molecule has 2 aliphatic carbocycles. The molecule has 13 heavy (non-hydrogen) atoms. The van der Waals surface area contributed by atoms with Gasteiger partial charge < -0.3 is 5.32 Å². The number of carbonyl (C=O) groups is 1. The van der Waals surface area contributed by atoms with E-state index in [1.807, 2.05) is 0 Å². The highest BCUT2D eigenvalue weighted by atomic mass is 16.2. The van der Waals surface area contributed by atoms with Gasteiger partial charge in [0.05, 0.1) is 5.92 Å². The standard InChI is InChI=1S/C11H17NO/c13-11-9-5-7-3-1-2-4-8(7)6-10(9)12-11/h7-10H,1-6H2,(H,12,13). The summed E-state index contributed by atoms with van der Waals surface area (Å²) in [6.07, 6.45) is 8.11. The fourth-order valence-electron chi connectivity index (χ4n) is 3.53. The molecule has 2 nitrogen and oxygen atoms in total. The minimum absolute atomic E-state index is 0.328. The molecule has 2 heteroatoms. The highest BCUT2D eigenvalue weighted by Crippen LogP contribution is 2.45. The van der Waals surface area contributed by atoms with E-state index in [4.69, 9.17) is 0 Å². The molecule has 1 amide bonds. The van der Waals surface area contributed by atoms with Crippen molar-refractivity contribution in [2.45, 2.75) is 44.6 Å². The molecule has 0 aromatic heterocycles. The lowest BCUT2D eigenvalue weighted by Crippen LogP contribution is -2.62. The lowest BCUT2D eigenvalue weighted by molar-refractivity contribution is -0.140. The first-order valence-electron chi connectivity index (χ1n) is 5.65. The highest BCUT2D eigenvalue weighted by molar-refractivity contribution is 5.86. The number of fused-ring (bicyclic) bond motifs is 2. The number of rotatable bonds is 0. The van der Waals surface area contributed by atoms with Gasteiger partial charge in [-0.15, -0.1) is 0 Å². The summed E-state index contributed by atoms with van der Waals surface area (Å²) in [6.45, 7) is 0. The molecular weight excluding hydrogens is 162 g/mol. The van der Waals surface area contributed by atoms with Crippen LogP contribution in [0.3, 0.4) is 0 Å². The molecule has 1 N–H and O–H groups in total. The van der Waals surface area contributed by atoms with Gasteiger partial charge in [-0.05, 0) is 24.7 Å². The topological polar surface area (TPSA) is 29.1 Å². The first kappa shape index (κ1) is 7.84. The van der Waals surface area contributed by atoms with Crippen LogP contribution in [0.25, 0.3) is 0 Å². The summed E-state index contributed by atoms with van der Waals surface area (Å²) < 4.78 is 0. The monoisotopic (exact) mass is 179 g/mol. The van der Waals surface area contributed by atoms with E-state index in [0.717, 1.165) is 11.8 Å². The van der Waals surface area contributed by atoms with Crippen molar-refractivity contribution in [1.29, 1.82) is 0 Å². The third kappa shape index (κ3) is 1.11. The predicted octanol–water partition coefficient (Wildman–Crippen LogP) is 1.70. The molecular formula is C11H17NO. The van der Waals surface area contributed by atoms with E-state index in [-0.39, 0.29) is 0 Å². The van der Waals surface area contributed by atoms with E-state index < -0.39 is 0 Å². The zero-order valence-electron chi connectivity index (χ0n) is 7.96. The van der Waals surface area contributed by atoms with Crippen LogP contribution in [0.5, 0.6) is 0 Å². The Hall–Kier alpha value is -0.530. The number of hydrogen-bond acceptors (Lipinski definition) is 1. The molecule has 0 aromatic carbocycles. The molecule has 0 aromatic rings. The van der Waals surface area contributed by atoms with Gasteiger partial charge in [-0.3, -0.25) is 4.79 Å². The van der Waals surface area contributed by atoms with E-state index in [1.54, 1.807) is 0 Å². The molecule has 0 radical (unpaired) electrons. The lowest BCUT2D eigenvalue weighted by atomic mass is 9.63. The van der Waals surface area contributed by atoms with E-state index in [9.17, 15) is 4.79 Å². The predicted molar refractivity (Wildman–Crippen MR) is 50.1 cm³/mol. The third-order valence-corrected chi connectivity index (χ3v) is 4.33. The number of hydrogen-bond donors (Lipinski definition) is 1. The van der Waals surface area contributed by atoms with Crippen LogP contribution in [0.15, 0.2) is 0 Å². The largest absolute Gasteiger partial charge is 0.352 e. The molecule has 0 spiro atoms. The van der Waals surface area contributed by atoms with Crippen molar-refractivity contribution in [2.24, 2.45) is 17.8 Å². The number of carbonyl (C=O) groups excluding carboxylic acids is 1. The Morgan fingerprint density at radius 3 is 2.46 bits per heavy atom. The van der Waals surface area contributed by atoms with E-state index in [1.165, 1.54) is 38.5 Å². The van der Waals surface area contributed by atoms with Crippen LogP contribution in [-0.4, -0.2) is 11.9 Å². The SMILES string of the molecule is O=C1NC2CC3CCCCC3CC12. The molecule has 1 heterocycles. The Labute approximate surface area is 79.1 Å². The van der Waals surface area contributed by atoms with Crippen LogP contribution in [0.4, 0.5) is 0 Å². The van der Waals surface area contributed by atoms with Gasteiger partial charge in [0.25, 0.3) is 0 Å². The van der Waals surface area contributed by atoms with Crippen LogP contribution in [0.1, 0.15) is 38.5 Å². The van der Waals surface area contributed by atoms with Crippen molar-refractivity contribution < 1.29 is 4.79 Å². The Bertz CT molecular complexity index is 238. The van der Waals surface area contributed by atoms with Crippen molar-refractivity contribution in [2.75, 3.05) is 0 Å². The molecule has 72 valence electrons. The molecule has 1 saturated heterocycles. The van der Waals surface area contributed by atoms with Crippen LogP contribution in [-0.2, 0) is 4.79 Å². The van der Waals surface area contributed by atoms with Crippen LogP contribution >= 0.6 is 0 Å². The summed E-state index contributed by atoms with van der Waals surface area (Å²) in [7, 11) is 0. The Balaban J connectivity index is 1.72. The number of amides is 1. The summed E-state index contributed by atoms with van der Waals surface area (Å²) >= 11 is 0. The summed E-state index contributed by atoms with van der Waals surface area (Å²) in [5, 5.41) is 3.04. The second-order valence-corrected chi connectivity index (χ2v) is 5.00. The van der Waals surface area contributed by atoms with E-state index in [0.29, 0.717) is 17.9 Å². The van der Waals surface area contributed by atoms with Crippen molar-refractivity contribution in [3.63, 3.8) is 0 Å². The van der Waals surface area contributed by atoms with Crippen molar-refractivity contribution >= 4 is 5.91 Å². The summed E-state index contributed by atoms with van der Waals surface area (Å²) in [4.78, 5) is 11.2. The summed E-state index contributed by atoms with van der Waals surface area (Å²) in [5.74, 6) is 2.56. The maximum Gasteiger partial charge on any atom is 0.225 e. The normalized spacial score (nSPS) is 48.5. The lowest BCUT2D eigenvalue weighted by Gasteiger charge is -2.48. The van der Waals surface area contributed by atoms with Crippen LogP contribution in [0, 0.1) is 17.8 Å². The quantitative estimate of drug-likeness (QED) is 0.563. The first-order chi connectivity index (χ1) is 6.34. The summed E-state index contributed by atoms with van der Waals surface area (Å²) in [5.41, 5.74) is 0. The molecule has 1 aliphatic heterocycles. The van der Waals surface area contributed by atoms with Crippen molar-refractivity contribution in [3.8, 4) is 0 Å². The zero-order chi connectivity index (χ0) is 8.84. The van der Waals surface area contributed by atoms with Gasteiger partial charge in [0.2, 0.25) is 5.91 Å². The fourth-order valence-corrected chi connectivity index (χ4v) is 3.53. The van der Waals surface area contributed by atoms with Gasteiger partial charge in [0, 0.05) is 6.04 Å².